The third kappa shape index (κ3) is 4.72. The van der Waals surface area contributed by atoms with E-state index in [-0.39, 0.29) is 40.2 Å². The van der Waals surface area contributed by atoms with Crippen LogP contribution in [0.1, 0.15) is 36.6 Å². The summed E-state index contributed by atoms with van der Waals surface area (Å²) >= 11 is 12.3. The molecule has 4 nitrogen and oxygen atoms in total. The zero-order chi connectivity index (χ0) is 22.7. The number of aryl methyl sites for hydroxylation is 1. The summed E-state index contributed by atoms with van der Waals surface area (Å²) in [6, 6.07) is 4.59. The molecule has 0 aliphatic carbocycles. The molecule has 164 valence electrons. The van der Waals surface area contributed by atoms with Crippen molar-refractivity contribution in [3.63, 3.8) is 0 Å². The first kappa shape index (κ1) is 23.2. The molecule has 0 saturated carbocycles. The fraction of sp³-hybridized carbons (Fsp3) is 0.273. The first-order valence-corrected chi connectivity index (χ1v) is 10.5. The van der Waals surface area contributed by atoms with E-state index in [1.54, 1.807) is 13.8 Å². The lowest BCUT2D eigenvalue weighted by molar-refractivity contribution is -0.138. The number of allylic oxidation sites excluding steroid dienone is 1. The van der Waals surface area contributed by atoms with E-state index in [2.05, 4.69) is 10.3 Å². The predicted octanol–water partition coefficient (Wildman–Crippen LogP) is 5.47. The summed E-state index contributed by atoms with van der Waals surface area (Å²) in [6.07, 6.45) is 0.331. The Hall–Kier alpha value is -2.51. The van der Waals surface area contributed by atoms with Crippen LogP contribution in [0.3, 0.4) is 0 Å². The number of hydrogen-bond acceptors (Lipinski definition) is 4. The molecular formula is C22H19Cl2F3N2O2. The van der Waals surface area contributed by atoms with Gasteiger partial charge in [0.1, 0.15) is 29.3 Å². The van der Waals surface area contributed by atoms with Crippen LogP contribution in [0, 0.1) is 17.5 Å². The Morgan fingerprint density at radius 1 is 1.16 bits per heavy atom. The highest BCUT2D eigenvalue weighted by atomic mass is 35.5. The fourth-order valence-corrected chi connectivity index (χ4v) is 3.88. The molecule has 0 fully saturated rings. The van der Waals surface area contributed by atoms with Gasteiger partial charge < -0.3 is 10.1 Å². The number of carbonyl (C=O) groups is 1. The highest BCUT2D eigenvalue weighted by molar-refractivity contribution is 6.31. The average molecular weight is 471 g/mol. The maximum absolute atomic E-state index is 14.8. The molecule has 2 aromatic carbocycles. The molecule has 3 rings (SSSR count). The number of carbonyl (C=O) groups excluding carboxylic acids is 1. The Labute approximate surface area is 187 Å². The zero-order valence-corrected chi connectivity index (χ0v) is 18.3. The average Bonchev–Trinajstić information content (AvgIpc) is 2.72. The minimum atomic E-state index is -1.04. The van der Waals surface area contributed by atoms with E-state index < -0.39 is 29.5 Å². The number of alkyl halides is 1. The van der Waals surface area contributed by atoms with Crippen molar-refractivity contribution in [3.8, 4) is 0 Å². The molecule has 0 radical (unpaired) electrons. The maximum Gasteiger partial charge on any atom is 0.338 e. The van der Waals surface area contributed by atoms with Crippen LogP contribution in [0.4, 0.5) is 13.2 Å². The van der Waals surface area contributed by atoms with E-state index in [1.807, 2.05) is 0 Å². The normalized spacial score (nSPS) is 16.1. The van der Waals surface area contributed by atoms with Gasteiger partial charge in [-0.2, -0.15) is 0 Å². The number of nitrogens with zero attached hydrogens (tertiary/aromatic N) is 1. The Morgan fingerprint density at radius 2 is 1.90 bits per heavy atom. The van der Waals surface area contributed by atoms with Gasteiger partial charge in [0.2, 0.25) is 0 Å². The summed E-state index contributed by atoms with van der Waals surface area (Å²) in [5.41, 5.74) is 1.06. The second-order valence-electron chi connectivity index (χ2n) is 6.69. The van der Waals surface area contributed by atoms with Gasteiger partial charge >= 0.3 is 5.97 Å². The summed E-state index contributed by atoms with van der Waals surface area (Å²) in [4.78, 5) is 17.2. The molecule has 31 heavy (non-hydrogen) atoms. The molecule has 9 heteroatoms. The quantitative estimate of drug-likeness (QED) is 0.449. The van der Waals surface area contributed by atoms with Crippen LogP contribution in [0.2, 0.25) is 5.02 Å². The van der Waals surface area contributed by atoms with Gasteiger partial charge in [0.25, 0.3) is 0 Å². The predicted molar refractivity (Wildman–Crippen MR) is 114 cm³/mol. The van der Waals surface area contributed by atoms with Crippen LogP contribution >= 0.6 is 23.2 Å². The van der Waals surface area contributed by atoms with E-state index >= 15 is 0 Å². The largest absolute Gasteiger partial charge is 0.463 e. The molecule has 1 unspecified atom stereocenters. The topological polar surface area (TPSA) is 50.7 Å². The molecule has 0 aromatic heterocycles. The standard InChI is InChI=1S/C22H19Cl2F3N2O2/c1-3-11-7-13(26)9-16(27)18(11)21-28-17(10-23)19(22(30)31-4-2)20(29-21)14-6-5-12(25)8-15(14)24/h5-9,20H,3-4,10H2,1-2H3,(H,28,29). The van der Waals surface area contributed by atoms with E-state index in [0.717, 1.165) is 12.1 Å². The third-order valence-electron chi connectivity index (χ3n) is 4.77. The van der Waals surface area contributed by atoms with Crippen LogP contribution in [0.5, 0.6) is 0 Å². The van der Waals surface area contributed by atoms with Crippen molar-refractivity contribution in [3.05, 3.63) is 80.8 Å². The number of nitrogens with one attached hydrogen (secondary N) is 1. The Balaban J connectivity index is 2.25. The Bertz CT molecular complexity index is 1090. The van der Waals surface area contributed by atoms with E-state index in [1.165, 1.54) is 18.2 Å². The molecule has 1 atom stereocenters. The van der Waals surface area contributed by atoms with Crippen LogP contribution in [0.15, 0.2) is 46.6 Å². The summed E-state index contributed by atoms with van der Waals surface area (Å²) in [7, 11) is 0. The second kappa shape index (κ2) is 9.75. The maximum atomic E-state index is 14.8. The van der Waals surface area contributed by atoms with E-state index in [0.29, 0.717) is 17.5 Å². The highest BCUT2D eigenvalue weighted by Crippen LogP contribution is 2.37. The number of hydrogen-bond donors (Lipinski definition) is 1. The molecule has 0 saturated heterocycles. The zero-order valence-electron chi connectivity index (χ0n) is 16.7. The van der Waals surface area contributed by atoms with Gasteiger partial charge in [-0.1, -0.05) is 24.6 Å². The summed E-state index contributed by atoms with van der Waals surface area (Å²) in [5, 5.41) is 2.92. The smallest absolute Gasteiger partial charge is 0.338 e. The number of benzene rings is 2. The van der Waals surface area contributed by atoms with E-state index in [9.17, 15) is 18.0 Å². The number of rotatable bonds is 6. The van der Waals surface area contributed by atoms with Crippen molar-refractivity contribution in [1.29, 1.82) is 0 Å². The van der Waals surface area contributed by atoms with Crippen molar-refractivity contribution < 1.29 is 22.7 Å². The molecular weight excluding hydrogens is 452 g/mol. The minimum Gasteiger partial charge on any atom is -0.463 e. The van der Waals surface area contributed by atoms with Crippen molar-refractivity contribution in [2.45, 2.75) is 26.3 Å². The summed E-state index contributed by atoms with van der Waals surface area (Å²) in [5.74, 6) is -2.87. The van der Waals surface area contributed by atoms with Crippen molar-refractivity contribution in [2.75, 3.05) is 12.5 Å². The highest BCUT2D eigenvalue weighted by Gasteiger charge is 2.34. The number of halogens is 5. The molecule has 0 spiro atoms. The molecule has 0 bridgehead atoms. The van der Waals surface area contributed by atoms with Crippen molar-refractivity contribution in [2.24, 2.45) is 4.99 Å². The monoisotopic (exact) mass is 470 g/mol. The van der Waals surface area contributed by atoms with Crippen molar-refractivity contribution >= 4 is 35.0 Å². The Morgan fingerprint density at radius 3 is 2.52 bits per heavy atom. The van der Waals surface area contributed by atoms with Gasteiger partial charge in [-0.15, -0.1) is 11.6 Å². The first-order valence-electron chi connectivity index (χ1n) is 9.54. The minimum absolute atomic E-state index is 0.0287. The number of amidine groups is 1. The molecule has 1 aliphatic heterocycles. The van der Waals surface area contributed by atoms with Gasteiger partial charge in [-0.05, 0) is 37.1 Å². The first-order chi connectivity index (χ1) is 14.8. The van der Waals surface area contributed by atoms with Crippen LogP contribution in [0.25, 0.3) is 0 Å². The van der Waals surface area contributed by atoms with E-state index in [4.69, 9.17) is 27.9 Å². The SMILES string of the molecule is CCOC(=O)C1=C(CCl)NC(c2c(F)cc(F)cc2CC)=NC1c1ccc(F)cc1Cl. The number of esters is 1. The van der Waals surface area contributed by atoms with Crippen LogP contribution in [-0.2, 0) is 16.0 Å². The lowest BCUT2D eigenvalue weighted by Gasteiger charge is -2.28. The van der Waals surface area contributed by atoms with Crippen LogP contribution < -0.4 is 5.32 Å². The number of ether oxygens (including phenoxy) is 1. The fourth-order valence-electron chi connectivity index (χ4n) is 3.40. The lowest BCUT2D eigenvalue weighted by Crippen LogP contribution is -2.35. The van der Waals surface area contributed by atoms with Crippen molar-refractivity contribution in [1.82, 2.24) is 5.32 Å². The summed E-state index contributed by atoms with van der Waals surface area (Å²) < 4.78 is 47.3. The van der Waals surface area contributed by atoms with Crippen LogP contribution in [-0.4, -0.2) is 24.3 Å². The molecule has 2 aromatic rings. The number of aliphatic imine (C=N–C) groups is 1. The molecule has 0 amide bonds. The van der Waals surface area contributed by atoms with Gasteiger partial charge in [0.15, 0.2) is 0 Å². The third-order valence-corrected chi connectivity index (χ3v) is 5.36. The Kier molecular flexibility index (Phi) is 7.28. The molecule has 1 aliphatic rings. The van der Waals surface area contributed by atoms with Gasteiger partial charge in [-0.3, -0.25) is 4.99 Å². The van der Waals surface area contributed by atoms with Gasteiger partial charge in [0.05, 0.1) is 23.6 Å². The summed E-state index contributed by atoms with van der Waals surface area (Å²) in [6.45, 7) is 3.49. The molecule has 1 N–H and O–H groups in total. The van der Waals surface area contributed by atoms with Gasteiger partial charge in [0, 0.05) is 22.3 Å². The second-order valence-corrected chi connectivity index (χ2v) is 7.37. The van der Waals surface area contributed by atoms with Gasteiger partial charge in [-0.25, -0.2) is 18.0 Å². The molecule has 1 heterocycles. The lowest BCUT2D eigenvalue weighted by atomic mass is 9.94.